The highest BCUT2D eigenvalue weighted by molar-refractivity contribution is 8.15. The molecule has 1 N–H and O–H groups in total. The number of aryl methyl sites for hydroxylation is 4. The first-order valence-corrected chi connectivity index (χ1v) is 10.1. The number of amidine groups is 1. The quantitative estimate of drug-likeness (QED) is 0.828. The fraction of sp³-hybridized carbons (Fsp3) is 0.318. The Bertz CT molecular complexity index is 948. The molecule has 0 aromatic heterocycles. The molecule has 3 rings (SSSR count). The molecule has 0 aliphatic carbocycles. The van der Waals surface area contributed by atoms with Crippen molar-refractivity contribution in [3.8, 4) is 0 Å². The van der Waals surface area contributed by atoms with Gasteiger partial charge in [-0.25, -0.2) is 4.99 Å². The van der Waals surface area contributed by atoms with Crippen molar-refractivity contribution in [2.75, 3.05) is 12.4 Å². The number of hydrogen-bond acceptors (Lipinski definition) is 4. The Morgan fingerprint density at radius 1 is 1.11 bits per heavy atom. The topological polar surface area (TPSA) is 61.8 Å². The van der Waals surface area contributed by atoms with Gasteiger partial charge in [0.05, 0.1) is 5.69 Å². The van der Waals surface area contributed by atoms with Gasteiger partial charge in [-0.3, -0.25) is 14.5 Å². The Morgan fingerprint density at radius 3 is 2.46 bits per heavy atom. The average Bonchev–Trinajstić information content (AvgIpc) is 2.89. The summed E-state index contributed by atoms with van der Waals surface area (Å²) in [5.74, 6) is -0.257. The summed E-state index contributed by atoms with van der Waals surface area (Å²) in [6, 6.07) is 11.9. The Balaban J connectivity index is 1.74. The highest BCUT2D eigenvalue weighted by atomic mass is 32.2. The molecular weight excluding hydrogens is 370 g/mol. The van der Waals surface area contributed by atoms with Gasteiger partial charge < -0.3 is 5.32 Å². The Labute approximate surface area is 170 Å². The number of nitrogens with zero attached hydrogens (tertiary/aromatic N) is 2. The van der Waals surface area contributed by atoms with Crippen LogP contribution >= 0.6 is 11.8 Å². The standard InChI is InChI=1S/C22H25N3O2S/c1-13-9-10-14(2)17(11-13)23-19(26)12-18-21(27)25(5)22(28-18)24-20-15(3)7-6-8-16(20)4/h6-11,18H,12H2,1-5H3,(H,23,26). The molecule has 5 nitrogen and oxygen atoms in total. The van der Waals surface area contributed by atoms with E-state index < -0.39 is 5.25 Å². The van der Waals surface area contributed by atoms with E-state index in [-0.39, 0.29) is 18.2 Å². The van der Waals surface area contributed by atoms with Gasteiger partial charge in [0.1, 0.15) is 5.25 Å². The van der Waals surface area contributed by atoms with Gasteiger partial charge >= 0.3 is 0 Å². The second-order valence-corrected chi connectivity index (χ2v) is 8.38. The van der Waals surface area contributed by atoms with E-state index in [2.05, 4.69) is 5.32 Å². The van der Waals surface area contributed by atoms with Crippen LogP contribution in [0.5, 0.6) is 0 Å². The molecule has 1 fully saturated rings. The number of anilines is 1. The van der Waals surface area contributed by atoms with Crippen LogP contribution in [0.1, 0.15) is 28.7 Å². The SMILES string of the molecule is Cc1ccc(C)c(NC(=O)CC2SC(=Nc3c(C)cccc3C)N(C)C2=O)c1. The fourth-order valence-electron chi connectivity index (χ4n) is 3.12. The number of para-hydroxylation sites is 1. The van der Waals surface area contributed by atoms with Crippen LogP contribution in [0.25, 0.3) is 0 Å². The van der Waals surface area contributed by atoms with Crippen molar-refractivity contribution >= 4 is 40.1 Å². The maximum atomic E-state index is 12.6. The van der Waals surface area contributed by atoms with E-state index in [1.807, 2.05) is 64.1 Å². The molecule has 2 aromatic carbocycles. The normalized spacial score (nSPS) is 18.0. The summed E-state index contributed by atoms with van der Waals surface area (Å²) in [5, 5.41) is 3.10. The molecule has 1 aliphatic rings. The number of nitrogens with one attached hydrogen (secondary N) is 1. The molecule has 1 atom stereocenters. The van der Waals surface area contributed by atoms with Crippen LogP contribution in [0.3, 0.4) is 0 Å². The highest BCUT2D eigenvalue weighted by Gasteiger charge is 2.37. The zero-order valence-electron chi connectivity index (χ0n) is 16.9. The van der Waals surface area contributed by atoms with E-state index in [0.717, 1.165) is 33.6 Å². The third-order valence-corrected chi connectivity index (χ3v) is 6.05. The molecule has 146 valence electrons. The van der Waals surface area contributed by atoms with Gasteiger partial charge in [0.15, 0.2) is 5.17 Å². The summed E-state index contributed by atoms with van der Waals surface area (Å²) < 4.78 is 0. The van der Waals surface area contributed by atoms with Crippen molar-refractivity contribution in [3.05, 3.63) is 58.7 Å². The molecule has 0 radical (unpaired) electrons. The fourth-order valence-corrected chi connectivity index (χ4v) is 4.26. The number of amides is 2. The number of benzene rings is 2. The highest BCUT2D eigenvalue weighted by Crippen LogP contribution is 2.33. The van der Waals surface area contributed by atoms with Crippen LogP contribution in [0, 0.1) is 27.7 Å². The Morgan fingerprint density at radius 2 is 1.79 bits per heavy atom. The summed E-state index contributed by atoms with van der Waals surface area (Å²) in [6.45, 7) is 7.94. The molecule has 2 amide bonds. The van der Waals surface area contributed by atoms with Crippen molar-refractivity contribution < 1.29 is 9.59 Å². The molecule has 1 saturated heterocycles. The summed E-state index contributed by atoms with van der Waals surface area (Å²) >= 11 is 1.35. The zero-order chi connectivity index (χ0) is 20.4. The van der Waals surface area contributed by atoms with Crippen molar-refractivity contribution in [2.24, 2.45) is 4.99 Å². The molecule has 1 unspecified atom stereocenters. The Hall–Kier alpha value is -2.60. The second kappa shape index (κ2) is 8.19. The van der Waals surface area contributed by atoms with Crippen molar-refractivity contribution in [2.45, 2.75) is 39.4 Å². The Kier molecular flexibility index (Phi) is 5.89. The third kappa shape index (κ3) is 4.28. The number of hydrogen-bond donors (Lipinski definition) is 1. The van der Waals surface area contributed by atoms with Crippen LogP contribution in [-0.2, 0) is 9.59 Å². The summed E-state index contributed by atoms with van der Waals surface area (Å²) in [6.07, 6.45) is 0.118. The maximum Gasteiger partial charge on any atom is 0.242 e. The smallest absolute Gasteiger partial charge is 0.242 e. The summed E-state index contributed by atoms with van der Waals surface area (Å²) in [5.41, 5.74) is 5.87. The molecular formula is C22H25N3O2S. The van der Waals surface area contributed by atoms with E-state index in [1.54, 1.807) is 11.9 Å². The van der Waals surface area contributed by atoms with E-state index in [0.29, 0.717) is 5.17 Å². The van der Waals surface area contributed by atoms with E-state index in [1.165, 1.54) is 11.8 Å². The van der Waals surface area contributed by atoms with Gasteiger partial charge in [0.25, 0.3) is 0 Å². The van der Waals surface area contributed by atoms with Crippen molar-refractivity contribution in [1.29, 1.82) is 0 Å². The molecule has 0 bridgehead atoms. The first-order valence-electron chi connectivity index (χ1n) is 9.22. The van der Waals surface area contributed by atoms with Gasteiger partial charge in [0.2, 0.25) is 11.8 Å². The monoisotopic (exact) mass is 395 g/mol. The summed E-state index contributed by atoms with van der Waals surface area (Å²) in [4.78, 5) is 31.4. The minimum Gasteiger partial charge on any atom is -0.326 e. The lowest BCUT2D eigenvalue weighted by atomic mass is 10.1. The zero-order valence-corrected chi connectivity index (χ0v) is 17.7. The minimum absolute atomic E-state index is 0.0916. The lowest BCUT2D eigenvalue weighted by Gasteiger charge is -2.11. The van der Waals surface area contributed by atoms with Gasteiger partial charge in [-0.1, -0.05) is 42.1 Å². The van der Waals surface area contributed by atoms with Crippen LogP contribution < -0.4 is 5.32 Å². The number of aliphatic imine (C=N–C) groups is 1. The maximum absolute atomic E-state index is 12.6. The van der Waals surface area contributed by atoms with Crippen molar-refractivity contribution in [1.82, 2.24) is 4.90 Å². The van der Waals surface area contributed by atoms with Crippen LogP contribution in [0.4, 0.5) is 11.4 Å². The minimum atomic E-state index is -0.460. The van der Waals surface area contributed by atoms with Gasteiger partial charge in [-0.15, -0.1) is 0 Å². The van der Waals surface area contributed by atoms with Crippen molar-refractivity contribution in [3.63, 3.8) is 0 Å². The predicted molar refractivity (Wildman–Crippen MR) is 116 cm³/mol. The van der Waals surface area contributed by atoms with E-state index >= 15 is 0 Å². The molecule has 1 heterocycles. The van der Waals surface area contributed by atoms with Crippen LogP contribution in [0.15, 0.2) is 41.4 Å². The second-order valence-electron chi connectivity index (χ2n) is 7.21. The molecule has 6 heteroatoms. The third-order valence-electron chi connectivity index (χ3n) is 4.83. The number of carbonyl (C=O) groups excluding carboxylic acids is 2. The largest absolute Gasteiger partial charge is 0.326 e. The van der Waals surface area contributed by atoms with Gasteiger partial charge in [-0.2, -0.15) is 0 Å². The van der Waals surface area contributed by atoms with Crippen LogP contribution in [0.2, 0.25) is 0 Å². The lowest BCUT2D eigenvalue weighted by molar-refractivity contribution is -0.127. The first kappa shape index (κ1) is 20.1. The van der Waals surface area contributed by atoms with E-state index in [9.17, 15) is 9.59 Å². The number of thioether (sulfide) groups is 1. The number of rotatable bonds is 4. The molecule has 2 aromatic rings. The molecule has 0 saturated carbocycles. The lowest BCUT2D eigenvalue weighted by Crippen LogP contribution is -2.30. The van der Waals surface area contributed by atoms with Gasteiger partial charge in [0, 0.05) is 19.2 Å². The molecule has 1 aliphatic heterocycles. The number of carbonyl (C=O) groups is 2. The van der Waals surface area contributed by atoms with Gasteiger partial charge in [-0.05, 0) is 56.0 Å². The molecule has 28 heavy (non-hydrogen) atoms. The molecule has 0 spiro atoms. The first-order chi connectivity index (χ1) is 13.3. The van der Waals surface area contributed by atoms with E-state index in [4.69, 9.17) is 4.99 Å². The average molecular weight is 396 g/mol. The summed E-state index contributed by atoms with van der Waals surface area (Å²) in [7, 11) is 1.71. The van der Waals surface area contributed by atoms with Crippen LogP contribution in [-0.4, -0.2) is 34.2 Å². The predicted octanol–water partition coefficient (Wildman–Crippen LogP) is 4.51.